The quantitative estimate of drug-likeness (QED) is 0.583. The lowest BCUT2D eigenvalue weighted by molar-refractivity contribution is -0.140. The zero-order valence-electron chi connectivity index (χ0n) is 18.7. The Labute approximate surface area is 186 Å². The number of ether oxygens (including phenoxy) is 1. The van der Waals surface area contributed by atoms with Crippen LogP contribution in [-0.2, 0) is 32.0 Å². The molecule has 3 amide bonds. The van der Waals surface area contributed by atoms with Gasteiger partial charge >= 0.3 is 6.09 Å². The van der Waals surface area contributed by atoms with Gasteiger partial charge in [-0.1, -0.05) is 34.6 Å². The Hall–Kier alpha value is -2.49. The number of hydrogen-bond donors (Lipinski definition) is 3. The molecule has 2 heterocycles. The van der Waals surface area contributed by atoms with Crippen LogP contribution >= 0.6 is 11.5 Å². The van der Waals surface area contributed by atoms with E-state index in [-0.39, 0.29) is 24.4 Å². The van der Waals surface area contributed by atoms with Gasteiger partial charge in [-0.25, -0.2) is 9.17 Å². The first-order valence-corrected chi connectivity index (χ1v) is 11.2. The predicted octanol–water partition coefficient (Wildman–Crippen LogP) is 1.60. The minimum atomic E-state index is -1.04. The lowest BCUT2D eigenvalue weighted by Gasteiger charge is -2.26. The fourth-order valence-corrected chi connectivity index (χ4v) is 3.84. The lowest BCUT2D eigenvalue weighted by Crippen LogP contribution is -2.56. The molecule has 0 spiro atoms. The van der Waals surface area contributed by atoms with Crippen LogP contribution in [0.15, 0.2) is 6.20 Å². The molecule has 2 rings (SSSR count). The number of fused-ring (bicyclic) bond motifs is 1. The number of rotatable bonds is 5. The van der Waals surface area contributed by atoms with E-state index in [0.29, 0.717) is 13.0 Å². The summed E-state index contributed by atoms with van der Waals surface area (Å²) < 4.78 is 9.39. The molecule has 9 nitrogen and oxygen atoms in total. The Morgan fingerprint density at radius 2 is 2.03 bits per heavy atom. The largest absolute Gasteiger partial charge is 0.449 e. The lowest BCUT2D eigenvalue weighted by atomic mass is 9.99. The van der Waals surface area contributed by atoms with Gasteiger partial charge in [-0.15, -0.1) is 0 Å². The summed E-state index contributed by atoms with van der Waals surface area (Å²) in [4.78, 5) is 50.9. The number of amides is 3. The number of aryl methyl sites for hydroxylation is 1. The van der Waals surface area contributed by atoms with Crippen LogP contribution in [0, 0.1) is 11.3 Å². The molecule has 3 N–H and O–H groups in total. The molecular weight excluding hydrogens is 420 g/mol. The van der Waals surface area contributed by atoms with Crippen molar-refractivity contribution in [1.29, 1.82) is 0 Å². The Morgan fingerprint density at radius 3 is 2.68 bits per heavy atom. The highest BCUT2D eigenvalue weighted by molar-refractivity contribution is 7.05. The number of hydrogen-bond acceptors (Lipinski definition) is 7. The topological polar surface area (TPSA) is 126 Å². The molecule has 10 heteroatoms. The highest BCUT2D eigenvalue weighted by Gasteiger charge is 2.33. The van der Waals surface area contributed by atoms with E-state index < -0.39 is 35.8 Å². The van der Waals surface area contributed by atoms with Gasteiger partial charge in [0.25, 0.3) is 5.91 Å². The van der Waals surface area contributed by atoms with Gasteiger partial charge in [-0.3, -0.25) is 14.4 Å². The smallest absolute Gasteiger partial charge is 0.407 e. The van der Waals surface area contributed by atoms with E-state index >= 15 is 0 Å². The molecule has 2 atom stereocenters. The number of nitrogens with zero attached hydrogens (tertiary/aromatic N) is 1. The fourth-order valence-electron chi connectivity index (χ4n) is 3.02. The number of nitrogens with one attached hydrogen (secondary N) is 3. The average molecular weight is 453 g/mol. The molecule has 0 radical (unpaired) electrons. The number of carbonyl (C=O) groups excluding carboxylic acids is 4. The van der Waals surface area contributed by atoms with Crippen molar-refractivity contribution in [1.82, 2.24) is 20.3 Å². The molecule has 1 aliphatic rings. The van der Waals surface area contributed by atoms with Crippen molar-refractivity contribution in [3.63, 3.8) is 0 Å². The molecule has 1 aliphatic heterocycles. The van der Waals surface area contributed by atoms with Gasteiger partial charge in [-0.2, -0.15) is 0 Å². The van der Waals surface area contributed by atoms with E-state index in [9.17, 15) is 19.2 Å². The van der Waals surface area contributed by atoms with Gasteiger partial charge in [-0.05, 0) is 41.3 Å². The first-order chi connectivity index (χ1) is 14.5. The molecule has 2 unspecified atom stereocenters. The van der Waals surface area contributed by atoms with Crippen LogP contribution in [0.1, 0.15) is 51.5 Å². The fraction of sp³-hybridized carbons (Fsp3) is 0.667. The first-order valence-electron chi connectivity index (χ1n) is 10.5. The summed E-state index contributed by atoms with van der Waals surface area (Å²) in [5, 5.41) is 7.84. The summed E-state index contributed by atoms with van der Waals surface area (Å²) in [5.74, 6) is -2.24. The molecule has 0 fully saturated rings. The van der Waals surface area contributed by atoms with Crippen molar-refractivity contribution < 1.29 is 23.9 Å². The van der Waals surface area contributed by atoms with Crippen molar-refractivity contribution in [2.24, 2.45) is 11.3 Å². The SMILES string of the molecule is CC(C)C(NC(=O)OCC(C)(C)C)C(=O)NC1Cc2sncc2CCCNC(=O)C1=O. The van der Waals surface area contributed by atoms with Crippen LogP contribution in [-0.4, -0.2) is 53.3 Å². The van der Waals surface area contributed by atoms with E-state index in [1.54, 1.807) is 20.0 Å². The van der Waals surface area contributed by atoms with Crippen molar-refractivity contribution in [3.8, 4) is 0 Å². The van der Waals surface area contributed by atoms with Crippen molar-refractivity contribution >= 4 is 35.2 Å². The Morgan fingerprint density at radius 1 is 1.32 bits per heavy atom. The molecule has 1 aromatic rings. The molecule has 1 aromatic heterocycles. The van der Waals surface area contributed by atoms with Gasteiger partial charge in [0, 0.05) is 24.0 Å². The van der Waals surface area contributed by atoms with E-state index in [4.69, 9.17) is 4.74 Å². The Kier molecular flexibility index (Phi) is 8.55. The summed E-state index contributed by atoms with van der Waals surface area (Å²) in [5.41, 5.74) is 0.799. The van der Waals surface area contributed by atoms with Crippen LogP contribution in [0.25, 0.3) is 0 Å². The maximum absolute atomic E-state index is 13.0. The van der Waals surface area contributed by atoms with E-state index in [1.165, 1.54) is 11.5 Å². The molecule has 172 valence electrons. The normalized spacial score (nSPS) is 18.6. The van der Waals surface area contributed by atoms with Gasteiger partial charge in [0.15, 0.2) is 0 Å². The molecule has 0 bridgehead atoms. The van der Waals surface area contributed by atoms with Crippen LogP contribution in [0.4, 0.5) is 4.79 Å². The maximum Gasteiger partial charge on any atom is 0.407 e. The zero-order valence-corrected chi connectivity index (χ0v) is 19.6. The minimum absolute atomic E-state index is 0.178. The maximum atomic E-state index is 13.0. The highest BCUT2D eigenvalue weighted by Crippen LogP contribution is 2.19. The number of Topliss-reactive ketones (excluding diaryl/α,β-unsaturated/α-hetero) is 1. The van der Waals surface area contributed by atoms with Crippen LogP contribution < -0.4 is 16.0 Å². The number of carbonyl (C=O) groups is 4. The van der Waals surface area contributed by atoms with Gasteiger partial charge in [0.1, 0.15) is 12.1 Å². The molecule has 0 saturated carbocycles. The van der Waals surface area contributed by atoms with E-state index in [1.807, 2.05) is 20.8 Å². The van der Waals surface area contributed by atoms with Crippen LogP contribution in [0.3, 0.4) is 0 Å². The molecule has 31 heavy (non-hydrogen) atoms. The third kappa shape index (κ3) is 7.61. The Bertz CT molecular complexity index is 815. The third-order valence-corrected chi connectivity index (χ3v) is 5.60. The minimum Gasteiger partial charge on any atom is -0.449 e. The van der Waals surface area contributed by atoms with Gasteiger partial charge in [0.2, 0.25) is 11.7 Å². The monoisotopic (exact) mass is 452 g/mol. The summed E-state index contributed by atoms with van der Waals surface area (Å²) >= 11 is 1.26. The summed E-state index contributed by atoms with van der Waals surface area (Å²) in [7, 11) is 0. The standard InChI is InChI=1S/C21H32N4O5S/c1-12(2)16(25-20(29)30-11-21(3,4)5)18(27)24-14-9-15-13(10-23-31-15)7-6-8-22-19(28)17(14)26/h10,12,14,16H,6-9,11H2,1-5H3,(H,22,28)(H,24,27)(H,25,29). The summed E-state index contributed by atoms with van der Waals surface area (Å²) in [6.07, 6.45) is 2.67. The second-order valence-corrected chi connectivity index (χ2v) is 10.2. The van der Waals surface area contributed by atoms with Crippen LogP contribution in [0.2, 0.25) is 0 Å². The molecule has 0 aliphatic carbocycles. The molecule has 0 aromatic carbocycles. The second-order valence-electron chi connectivity index (χ2n) is 9.27. The van der Waals surface area contributed by atoms with Crippen LogP contribution in [0.5, 0.6) is 0 Å². The third-order valence-electron chi connectivity index (χ3n) is 4.74. The zero-order chi connectivity index (χ0) is 23.2. The van der Waals surface area contributed by atoms with Gasteiger partial charge in [0.05, 0.1) is 6.61 Å². The molecule has 0 saturated heterocycles. The van der Waals surface area contributed by atoms with Crippen molar-refractivity contribution in [2.75, 3.05) is 13.2 Å². The highest BCUT2D eigenvalue weighted by atomic mass is 32.1. The second kappa shape index (κ2) is 10.7. The van der Waals surface area contributed by atoms with E-state index in [2.05, 4.69) is 20.3 Å². The Balaban J connectivity index is 2.13. The van der Waals surface area contributed by atoms with Crippen molar-refractivity contribution in [3.05, 3.63) is 16.6 Å². The van der Waals surface area contributed by atoms with Crippen molar-refractivity contribution in [2.45, 2.75) is 66.0 Å². The first kappa shape index (κ1) is 24.8. The number of aromatic nitrogens is 1. The number of alkyl carbamates (subject to hydrolysis) is 1. The van der Waals surface area contributed by atoms with Gasteiger partial charge < -0.3 is 20.7 Å². The predicted molar refractivity (Wildman–Crippen MR) is 117 cm³/mol. The summed E-state index contributed by atoms with van der Waals surface area (Å²) in [6, 6.07) is -1.96. The molecular formula is C21H32N4O5S. The number of ketones is 1. The summed E-state index contributed by atoms with van der Waals surface area (Å²) in [6.45, 7) is 9.90. The van der Waals surface area contributed by atoms with E-state index in [0.717, 1.165) is 16.9 Å². The average Bonchev–Trinajstić information content (AvgIpc) is 3.12.